The molecule has 162 valence electrons. The van der Waals surface area contributed by atoms with Crippen LogP contribution in [-0.4, -0.2) is 79.2 Å². The van der Waals surface area contributed by atoms with Gasteiger partial charge in [-0.15, -0.1) is 11.8 Å². The molecule has 0 bridgehead atoms. The number of rotatable bonds is 6. The van der Waals surface area contributed by atoms with Gasteiger partial charge >= 0.3 is 0 Å². The SMILES string of the molecule is CSc1ccc(CN2CCN(C(=O)C3CCN(CC4=CCNC=C4)CC3)CC2)cc1. The van der Waals surface area contributed by atoms with Crippen molar-refractivity contribution in [2.24, 2.45) is 5.92 Å². The van der Waals surface area contributed by atoms with E-state index in [1.807, 2.05) is 6.20 Å². The number of carbonyl (C=O) groups is 1. The van der Waals surface area contributed by atoms with Gasteiger partial charge in [0.1, 0.15) is 0 Å². The number of amides is 1. The van der Waals surface area contributed by atoms with Crippen LogP contribution in [0.5, 0.6) is 0 Å². The number of likely N-dealkylation sites (tertiary alicyclic amines) is 1. The number of nitrogens with one attached hydrogen (secondary N) is 1. The van der Waals surface area contributed by atoms with Crippen molar-refractivity contribution in [2.45, 2.75) is 24.3 Å². The van der Waals surface area contributed by atoms with Gasteiger partial charge in [-0.2, -0.15) is 0 Å². The first-order valence-electron chi connectivity index (χ1n) is 11.2. The van der Waals surface area contributed by atoms with E-state index in [9.17, 15) is 4.79 Å². The van der Waals surface area contributed by atoms with Crippen molar-refractivity contribution < 1.29 is 4.79 Å². The Labute approximate surface area is 185 Å². The Morgan fingerprint density at radius 2 is 1.70 bits per heavy atom. The van der Waals surface area contributed by atoms with Crippen LogP contribution in [0.25, 0.3) is 0 Å². The Hall–Kier alpha value is -1.76. The van der Waals surface area contributed by atoms with E-state index in [-0.39, 0.29) is 5.92 Å². The van der Waals surface area contributed by atoms with Crippen LogP contribution in [0.3, 0.4) is 0 Å². The summed E-state index contributed by atoms with van der Waals surface area (Å²) in [5.41, 5.74) is 2.75. The van der Waals surface area contributed by atoms with Gasteiger partial charge in [-0.05, 0) is 67.7 Å². The summed E-state index contributed by atoms with van der Waals surface area (Å²) in [5.74, 6) is 0.601. The first kappa shape index (κ1) is 21.5. The Kier molecular flexibility index (Phi) is 7.52. The van der Waals surface area contributed by atoms with Gasteiger partial charge in [0.2, 0.25) is 5.91 Å². The van der Waals surface area contributed by atoms with Gasteiger partial charge < -0.3 is 10.2 Å². The van der Waals surface area contributed by atoms with E-state index in [0.717, 1.165) is 71.7 Å². The smallest absolute Gasteiger partial charge is 0.225 e. The molecule has 4 rings (SSSR count). The number of piperazine rings is 1. The third-order valence-corrected chi connectivity index (χ3v) is 7.23. The molecule has 0 atom stereocenters. The third-order valence-electron chi connectivity index (χ3n) is 6.49. The molecule has 3 aliphatic heterocycles. The van der Waals surface area contributed by atoms with Crippen LogP contribution in [0.15, 0.2) is 53.1 Å². The van der Waals surface area contributed by atoms with Gasteiger partial charge in [-0.1, -0.05) is 18.2 Å². The second-order valence-electron chi connectivity index (χ2n) is 8.52. The molecule has 1 amide bonds. The second-order valence-corrected chi connectivity index (χ2v) is 9.40. The zero-order valence-electron chi connectivity index (χ0n) is 18.1. The average Bonchev–Trinajstić information content (AvgIpc) is 2.81. The maximum atomic E-state index is 13.0. The normalized spacial score (nSPS) is 21.4. The number of hydrogen-bond donors (Lipinski definition) is 1. The van der Waals surface area contributed by atoms with Crippen LogP contribution < -0.4 is 5.32 Å². The number of piperidine rings is 1. The molecule has 30 heavy (non-hydrogen) atoms. The minimum atomic E-state index is 0.212. The first-order chi connectivity index (χ1) is 14.7. The molecule has 3 heterocycles. The zero-order chi connectivity index (χ0) is 20.8. The molecule has 3 aliphatic rings. The second kappa shape index (κ2) is 10.5. The van der Waals surface area contributed by atoms with Crippen LogP contribution in [0.4, 0.5) is 0 Å². The van der Waals surface area contributed by atoms with E-state index in [2.05, 4.69) is 62.7 Å². The fraction of sp³-hybridized carbons (Fsp3) is 0.542. The summed E-state index contributed by atoms with van der Waals surface area (Å²) in [6.45, 7) is 8.66. The summed E-state index contributed by atoms with van der Waals surface area (Å²) < 4.78 is 0. The molecule has 6 heteroatoms. The molecule has 5 nitrogen and oxygen atoms in total. The monoisotopic (exact) mass is 426 g/mol. The van der Waals surface area contributed by atoms with Crippen molar-refractivity contribution in [3.05, 3.63) is 53.8 Å². The van der Waals surface area contributed by atoms with Crippen molar-refractivity contribution in [3.8, 4) is 0 Å². The molecule has 0 radical (unpaired) electrons. The number of hydrogen-bond acceptors (Lipinski definition) is 5. The van der Waals surface area contributed by atoms with Crippen LogP contribution in [0.1, 0.15) is 18.4 Å². The van der Waals surface area contributed by atoms with Crippen LogP contribution in [0.2, 0.25) is 0 Å². The van der Waals surface area contributed by atoms with E-state index < -0.39 is 0 Å². The molecular formula is C24H34N4OS. The summed E-state index contributed by atoms with van der Waals surface area (Å²) in [5, 5.41) is 3.20. The standard InChI is InChI=1S/C24H34N4OS/c1-30-23-4-2-20(3-5-23)18-27-14-16-28(17-15-27)24(29)22-8-12-26(13-9-22)19-21-6-10-25-11-7-21/h2-7,10,22,25H,8-9,11-19H2,1H3. The molecule has 2 saturated heterocycles. The average molecular weight is 427 g/mol. The van der Waals surface area contributed by atoms with Gasteiger partial charge in [-0.3, -0.25) is 14.6 Å². The highest BCUT2D eigenvalue weighted by Gasteiger charge is 2.30. The largest absolute Gasteiger partial charge is 0.387 e. The highest BCUT2D eigenvalue weighted by atomic mass is 32.2. The van der Waals surface area contributed by atoms with Crippen molar-refractivity contribution in [2.75, 3.05) is 58.6 Å². The Balaban J connectivity index is 1.19. The van der Waals surface area contributed by atoms with E-state index in [4.69, 9.17) is 0 Å². The molecule has 2 fully saturated rings. The highest BCUT2D eigenvalue weighted by molar-refractivity contribution is 7.98. The van der Waals surface area contributed by atoms with E-state index in [1.165, 1.54) is 16.0 Å². The maximum Gasteiger partial charge on any atom is 0.225 e. The maximum absolute atomic E-state index is 13.0. The molecular weight excluding hydrogens is 392 g/mol. The third kappa shape index (κ3) is 5.68. The van der Waals surface area contributed by atoms with Crippen LogP contribution in [0, 0.1) is 5.92 Å². The van der Waals surface area contributed by atoms with Gasteiger partial charge in [0, 0.05) is 56.6 Å². The summed E-state index contributed by atoms with van der Waals surface area (Å²) >= 11 is 1.78. The van der Waals surface area contributed by atoms with Gasteiger partial charge in [0.05, 0.1) is 0 Å². The molecule has 1 N–H and O–H groups in total. The molecule has 1 aromatic rings. The van der Waals surface area contributed by atoms with E-state index in [0.29, 0.717) is 5.91 Å². The Bertz CT molecular complexity index is 760. The summed E-state index contributed by atoms with van der Waals surface area (Å²) in [6, 6.07) is 8.86. The molecule has 0 unspecified atom stereocenters. The van der Waals surface area contributed by atoms with Crippen molar-refractivity contribution in [3.63, 3.8) is 0 Å². The van der Waals surface area contributed by atoms with Crippen molar-refractivity contribution in [1.29, 1.82) is 0 Å². The van der Waals surface area contributed by atoms with Gasteiger partial charge in [-0.25, -0.2) is 0 Å². The number of benzene rings is 1. The molecule has 0 aromatic heterocycles. The lowest BCUT2D eigenvalue weighted by Crippen LogP contribution is -2.51. The first-order valence-corrected chi connectivity index (χ1v) is 12.4. The van der Waals surface area contributed by atoms with E-state index >= 15 is 0 Å². The number of carbonyl (C=O) groups excluding carboxylic acids is 1. The fourth-order valence-electron chi connectivity index (χ4n) is 4.58. The highest BCUT2D eigenvalue weighted by Crippen LogP contribution is 2.22. The number of dihydropyridines is 1. The van der Waals surface area contributed by atoms with Crippen molar-refractivity contribution in [1.82, 2.24) is 20.0 Å². The number of nitrogens with zero attached hydrogens (tertiary/aromatic N) is 3. The number of thioether (sulfide) groups is 1. The van der Waals surface area contributed by atoms with Crippen molar-refractivity contribution >= 4 is 17.7 Å². The lowest BCUT2D eigenvalue weighted by atomic mass is 9.94. The predicted octanol–water partition coefficient (Wildman–Crippen LogP) is 2.81. The quantitative estimate of drug-likeness (QED) is 0.708. The molecule has 1 aromatic carbocycles. The Morgan fingerprint density at radius 3 is 2.33 bits per heavy atom. The molecule has 0 saturated carbocycles. The lowest BCUT2D eigenvalue weighted by molar-refractivity contribution is -0.138. The Morgan fingerprint density at radius 1 is 1.00 bits per heavy atom. The molecule has 0 aliphatic carbocycles. The zero-order valence-corrected chi connectivity index (χ0v) is 18.9. The lowest BCUT2D eigenvalue weighted by Gasteiger charge is -2.38. The summed E-state index contributed by atoms with van der Waals surface area (Å²) in [7, 11) is 0. The predicted molar refractivity (Wildman–Crippen MR) is 124 cm³/mol. The van der Waals surface area contributed by atoms with Crippen LogP contribution in [-0.2, 0) is 11.3 Å². The van der Waals surface area contributed by atoms with E-state index in [1.54, 1.807) is 11.8 Å². The van der Waals surface area contributed by atoms with Crippen LogP contribution >= 0.6 is 11.8 Å². The topological polar surface area (TPSA) is 38.8 Å². The summed E-state index contributed by atoms with van der Waals surface area (Å²) in [4.78, 5) is 21.4. The van der Waals surface area contributed by atoms with Gasteiger partial charge in [0.15, 0.2) is 0 Å². The summed E-state index contributed by atoms with van der Waals surface area (Å²) in [6.07, 6.45) is 10.6. The minimum Gasteiger partial charge on any atom is -0.387 e. The minimum absolute atomic E-state index is 0.212. The molecule has 0 spiro atoms. The van der Waals surface area contributed by atoms with Gasteiger partial charge in [0.25, 0.3) is 0 Å². The fourth-order valence-corrected chi connectivity index (χ4v) is 4.99.